The fourth-order valence-corrected chi connectivity index (χ4v) is 3.22. The van der Waals surface area contributed by atoms with Crippen LogP contribution in [0.15, 0.2) is 0 Å². The minimum atomic E-state index is -0.164. The number of hydrogen-bond donors (Lipinski definition) is 1. The van der Waals surface area contributed by atoms with Crippen molar-refractivity contribution in [1.29, 1.82) is 0 Å². The van der Waals surface area contributed by atoms with Gasteiger partial charge in [0.1, 0.15) is 5.82 Å². The van der Waals surface area contributed by atoms with Crippen LogP contribution in [0.25, 0.3) is 0 Å². The van der Waals surface area contributed by atoms with Gasteiger partial charge in [0.15, 0.2) is 0 Å². The molecule has 1 unspecified atom stereocenters. The third kappa shape index (κ3) is 4.71. The third-order valence-electron chi connectivity index (χ3n) is 5.05. The van der Waals surface area contributed by atoms with E-state index in [0.29, 0.717) is 24.6 Å². The minimum absolute atomic E-state index is 0.164. The predicted molar refractivity (Wildman–Crippen MR) is 104 cm³/mol. The molecule has 1 fully saturated rings. The first-order valence-corrected chi connectivity index (χ1v) is 9.31. The van der Waals surface area contributed by atoms with Gasteiger partial charge in [0.2, 0.25) is 5.82 Å². The highest BCUT2D eigenvalue weighted by molar-refractivity contribution is 5.90. The van der Waals surface area contributed by atoms with Gasteiger partial charge in [-0.15, -0.1) is 0 Å². The molecule has 0 spiro atoms. The molecule has 2 rings (SSSR count). The molecular weight excluding hydrogens is 330 g/mol. The normalized spacial score (nSPS) is 18.5. The number of aryl methyl sites for hydroxylation is 1. The first-order valence-electron chi connectivity index (χ1n) is 9.31. The molecule has 1 aliphatic heterocycles. The summed E-state index contributed by atoms with van der Waals surface area (Å²) in [5, 5.41) is 3.72. The Kier molecular flexibility index (Phi) is 6.94. The molecule has 1 amide bonds. The molecule has 7 nitrogen and oxygen atoms in total. The number of rotatable bonds is 7. The van der Waals surface area contributed by atoms with Crippen LogP contribution in [0, 0.1) is 19.8 Å². The Bertz CT molecular complexity index is 633. The van der Waals surface area contributed by atoms with Gasteiger partial charge in [-0.2, -0.15) is 0 Å². The van der Waals surface area contributed by atoms with Crippen LogP contribution in [0.3, 0.4) is 0 Å². The number of carbonyl (C=O) groups excluding carboxylic acids is 1. The van der Waals surface area contributed by atoms with Crippen molar-refractivity contribution in [2.75, 3.05) is 45.8 Å². The highest BCUT2D eigenvalue weighted by atomic mass is 16.5. The van der Waals surface area contributed by atoms with Gasteiger partial charge < -0.3 is 19.9 Å². The van der Waals surface area contributed by atoms with Crippen molar-refractivity contribution in [2.45, 2.75) is 46.2 Å². The maximum absolute atomic E-state index is 12.3. The fourth-order valence-electron chi connectivity index (χ4n) is 3.22. The van der Waals surface area contributed by atoms with Crippen LogP contribution in [-0.4, -0.2) is 73.8 Å². The standard InChI is InChI=1S/C19H33N5O2/c1-12(2)16(11-26-7)21-15-8-9-24(10-15)18-13(3)14(4)20-17(22-18)19(25)23(5)6/h12,15-16,21H,8-11H2,1-7H3/t15-,16?/m1/s1. The number of nitrogens with zero attached hydrogens (tertiary/aromatic N) is 4. The molecule has 0 saturated carbocycles. The van der Waals surface area contributed by atoms with Crippen LogP contribution in [-0.2, 0) is 4.74 Å². The Morgan fingerprint density at radius 1 is 1.35 bits per heavy atom. The minimum Gasteiger partial charge on any atom is -0.383 e. The molecule has 0 radical (unpaired) electrons. The summed E-state index contributed by atoms with van der Waals surface area (Å²) in [6, 6.07) is 0.726. The van der Waals surface area contributed by atoms with E-state index in [1.54, 1.807) is 21.2 Å². The van der Waals surface area contributed by atoms with E-state index in [4.69, 9.17) is 4.74 Å². The second-order valence-corrected chi connectivity index (χ2v) is 7.68. The summed E-state index contributed by atoms with van der Waals surface area (Å²) >= 11 is 0. The number of methoxy groups -OCH3 is 1. The third-order valence-corrected chi connectivity index (χ3v) is 5.05. The first kappa shape index (κ1) is 20.6. The predicted octanol–water partition coefficient (Wildman–Crippen LogP) is 1.63. The molecule has 0 aliphatic carbocycles. The van der Waals surface area contributed by atoms with Crippen molar-refractivity contribution in [3.63, 3.8) is 0 Å². The summed E-state index contributed by atoms with van der Waals surface area (Å²) in [4.78, 5) is 25.0. The molecule has 2 atom stereocenters. The first-order chi connectivity index (χ1) is 12.2. The van der Waals surface area contributed by atoms with Gasteiger partial charge in [-0.25, -0.2) is 9.97 Å². The fraction of sp³-hybridized carbons (Fsp3) is 0.737. The number of carbonyl (C=O) groups is 1. The van der Waals surface area contributed by atoms with E-state index in [9.17, 15) is 4.79 Å². The average Bonchev–Trinajstić information content (AvgIpc) is 3.04. The Hall–Kier alpha value is -1.73. The van der Waals surface area contributed by atoms with E-state index >= 15 is 0 Å². The van der Waals surface area contributed by atoms with Gasteiger partial charge >= 0.3 is 0 Å². The molecule has 0 bridgehead atoms. The molecule has 1 aromatic rings. The lowest BCUT2D eigenvalue weighted by molar-refractivity contribution is 0.0815. The molecule has 26 heavy (non-hydrogen) atoms. The zero-order valence-electron chi connectivity index (χ0n) is 17.2. The molecule has 7 heteroatoms. The highest BCUT2D eigenvalue weighted by Gasteiger charge is 2.28. The van der Waals surface area contributed by atoms with Crippen LogP contribution in [0.5, 0.6) is 0 Å². The van der Waals surface area contributed by atoms with Crippen molar-refractivity contribution in [2.24, 2.45) is 5.92 Å². The van der Waals surface area contributed by atoms with Gasteiger partial charge in [-0.1, -0.05) is 13.8 Å². The summed E-state index contributed by atoms with van der Waals surface area (Å²) in [7, 11) is 5.19. The zero-order chi connectivity index (χ0) is 19.4. The van der Waals surface area contributed by atoms with Crippen molar-refractivity contribution in [1.82, 2.24) is 20.2 Å². The van der Waals surface area contributed by atoms with E-state index in [-0.39, 0.29) is 11.7 Å². The highest BCUT2D eigenvalue weighted by Crippen LogP contribution is 2.24. The second kappa shape index (κ2) is 8.77. The quantitative estimate of drug-likeness (QED) is 0.794. The molecule has 1 saturated heterocycles. The number of aromatic nitrogens is 2. The Labute approximate surface area is 157 Å². The molecular formula is C19H33N5O2. The topological polar surface area (TPSA) is 70.6 Å². The number of anilines is 1. The van der Waals surface area contributed by atoms with Crippen LogP contribution in [0.2, 0.25) is 0 Å². The number of amides is 1. The van der Waals surface area contributed by atoms with Gasteiger partial charge in [0.25, 0.3) is 5.91 Å². The van der Waals surface area contributed by atoms with E-state index < -0.39 is 0 Å². The summed E-state index contributed by atoms with van der Waals surface area (Å²) in [5.74, 6) is 1.49. The van der Waals surface area contributed by atoms with Crippen molar-refractivity contribution in [3.8, 4) is 0 Å². The number of ether oxygens (including phenoxy) is 1. The van der Waals surface area contributed by atoms with Gasteiger partial charge in [-0.05, 0) is 26.2 Å². The molecule has 1 aromatic heterocycles. The summed E-state index contributed by atoms with van der Waals surface area (Å²) in [6.07, 6.45) is 1.05. The molecule has 2 heterocycles. The van der Waals surface area contributed by atoms with E-state index in [0.717, 1.165) is 36.6 Å². The van der Waals surface area contributed by atoms with Crippen molar-refractivity contribution >= 4 is 11.7 Å². The molecule has 0 aromatic carbocycles. The Balaban J connectivity index is 2.16. The average molecular weight is 364 g/mol. The molecule has 146 valence electrons. The zero-order valence-corrected chi connectivity index (χ0v) is 17.2. The SMILES string of the molecule is COCC(N[C@@H]1CCN(c2nc(C(=O)N(C)C)nc(C)c2C)C1)C(C)C. The molecule has 1 aliphatic rings. The summed E-state index contributed by atoms with van der Waals surface area (Å²) in [5.41, 5.74) is 1.90. The Morgan fingerprint density at radius 3 is 2.62 bits per heavy atom. The van der Waals surface area contributed by atoms with E-state index in [1.165, 1.54) is 4.90 Å². The summed E-state index contributed by atoms with van der Waals surface area (Å²) < 4.78 is 5.35. The summed E-state index contributed by atoms with van der Waals surface area (Å²) in [6.45, 7) is 10.9. The van der Waals surface area contributed by atoms with Crippen molar-refractivity contribution in [3.05, 3.63) is 17.1 Å². The number of hydrogen-bond acceptors (Lipinski definition) is 6. The van der Waals surface area contributed by atoms with Crippen LogP contribution in [0.4, 0.5) is 5.82 Å². The second-order valence-electron chi connectivity index (χ2n) is 7.68. The molecule has 1 N–H and O–H groups in total. The maximum atomic E-state index is 12.3. The van der Waals surface area contributed by atoms with Crippen LogP contribution >= 0.6 is 0 Å². The van der Waals surface area contributed by atoms with Crippen LogP contribution in [0.1, 0.15) is 42.1 Å². The van der Waals surface area contributed by atoms with Crippen LogP contribution < -0.4 is 10.2 Å². The van der Waals surface area contributed by atoms with Gasteiger partial charge in [0, 0.05) is 57.6 Å². The van der Waals surface area contributed by atoms with Gasteiger partial charge in [-0.3, -0.25) is 4.79 Å². The lowest BCUT2D eigenvalue weighted by Gasteiger charge is -2.26. The lowest BCUT2D eigenvalue weighted by atomic mass is 10.0. The Morgan fingerprint density at radius 2 is 2.04 bits per heavy atom. The lowest BCUT2D eigenvalue weighted by Crippen LogP contribution is -2.45. The largest absolute Gasteiger partial charge is 0.383 e. The van der Waals surface area contributed by atoms with E-state index in [2.05, 4.69) is 34.0 Å². The van der Waals surface area contributed by atoms with Gasteiger partial charge in [0.05, 0.1) is 6.61 Å². The van der Waals surface area contributed by atoms with E-state index in [1.807, 2.05) is 13.8 Å². The number of nitrogens with one attached hydrogen (secondary N) is 1. The smallest absolute Gasteiger partial charge is 0.291 e. The van der Waals surface area contributed by atoms with Crippen molar-refractivity contribution < 1.29 is 9.53 Å². The monoisotopic (exact) mass is 363 g/mol. The maximum Gasteiger partial charge on any atom is 0.291 e.